The van der Waals surface area contributed by atoms with E-state index in [9.17, 15) is 92.2 Å². The first kappa shape index (κ1) is 32.5. The lowest BCUT2D eigenvalue weighted by Gasteiger charge is -2.44. The van der Waals surface area contributed by atoms with E-state index in [0.29, 0.717) is 0 Å². The van der Waals surface area contributed by atoms with Gasteiger partial charge in [-0.05, 0) is 0 Å². The van der Waals surface area contributed by atoms with Crippen molar-refractivity contribution in [2.45, 2.75) is 65.9 Å². The lowest BCUT2D eigenvalue weighted by Crippen LogP contribution is -2.76. The van der Waals surface area contributed by atoms with Gasteiger partial charge in [-0.15, -0.1) is 0 Å². The van der Waals surface area contributed by atoms with Gasteiger partial charge >= 0.3 is 59.5 Å². The molecule has 0 spiro atoms. The maximum Gasteiger partial charge on any atom is 0.460 e. The highest BCUT2D eigenvalue weighted by Crippen LogP contribution is 2.66. The van der Waals surface area contributed by atoms with Gasteiger partial charge in [0.25, 0.3) is 0 Å². The summed E-state index contributed by atoms with van der Waals surface area (Å²) in [6.07, 6.45) is -11.0. The van der Waals surface area contributed by atoms with Gasteiger partial charge in [0, 0.05) is 13.0 Å². The van der Waals surface area contributed by atoms with E-state index in [0.717, 1.165) is 0 Å². The third kappa shape index (κ3) is 3.80. The first-order chi connectivity index (χ1) is 14.3. The molecule has 0 atom stereocenters. The first-order valence-electron chi connectivity index (χ1n) is 7.39. The van der Waals surface area contributed by atoms with Crippen LogP contribution in [0.25, 0.3) is 0 Å². The van der Waals surface area contributed by atoms with E-state index in [1.54, 1.807) is 0 Å². The molecule has 0 saturated carbocycles. The molecule has 0 aliphatic heterocycles. The standard InChI is InChI=1S/C12H5F21O/c13-3(14,1-2-34)4(15,16)5(17,18)6(19,20)7(21,22)8(23,24)9(25,26)10(27,28)11(29,30)12(31,32)33/h34H,1-2H2. The Balaban J connectivity index is 7.01. The monoisotopic (exact) mass is 564 g/mol. The third-order valence-electron chi connectivity index (χ3n) is 4.00. The zero-order valence-corrected chi connectivity index (χ0v) is 14.8. The Labute approximate surface area is 171 Å². The Morgan fingerprint density at radius 1 is 0.324 bits per heavy atom. The van der Waals surface area contributed by atoms with Crippen LogP contribution in [-0.2, 0) is 0 Å². The summed E-state index contributed by atoms with van der Waals surface area (Å²) in [7, 11) is 0. The molecule has 0 bridgehead atoms. The number of hydrogen-bond acceptors (Lipinski definition) is 1. The van der Waals surface area contributed by atoms with Crippen molar-refractivity contribution in [1.82, 2.24) is 0 Å². The van der Waals surface area contributed by atoms with Crippen LogP contribution in [0.2, 0.25) is 0 Å². The van der Waals surface area contributed by atoms with Gasteiger partial charge in [0.1, 0.15) is 0 Å². The molecular weight excluding hydrogens is 559 g/mol. The zero-order valence-electron chi connectivity index (χ0n) is 14.8. The average Bonchev–Trinajstić information content (AvgIpc) is 2.59. The fourth-order valence-corrected chi connectivity index (χ4v) is 1.89. The smallest absolute Gasteiger partial charge is 0.396 e. The van der Waals surface area contributed by atoms with Crippen LogP contribution in [0.15, 0.2) is 0 Å². The van der Waals surface area contributed by atoms with Crippen LogP contribution < -0.4 is 0 Å². The number of hydrogen-bond donors (Lipinski definition) is 1. The van der Waals surface area contributed by atoms with Gasteiger partial charge < -0.3 is 5.11 Å². The Bertz CT molecular complexity index is 731. The second kappa shape index (κ2) is 8.00. The van der Waals surface area contributed by atoms with Crippen LogP contribution >= 0.6 is 0 Å². The van der Waals surface area contributed by atoms with Gasteiger partial charge in [0.2, 0.25) is 0 Å². The van der Waals surface area contributed by atoms with E-state index in [2.05, 4.69) is 0 Å². The lowest BCUT2D eigenvalue weighted by molar-refractivity contribution is -0.474. The molecule has 206 valence electrons. The van der Waals surface area contributed by atoms with Gasteiger partial charge in [-0.25, -0.2) is 0 Å². The highest BCUT2D eigenvalue weighted by molar-refractivity contribution is 5.17. The minimum Gasteiger partial charge on any atom is -0.396 e. The van der Waals surface area contributed by atoms with Crippen molar-refractivity contribution in [3.05, 3.63) is 0 Å². The number of aliphatic hydroxyl groups excluding tert-OH is 1. The summed E-state index contributed by atoms with van der Waals surface area (Å²) in [6, 6.07) is 0. The van der Waals surface area contributed by atoms with Gasteiger partial charge in [-0.1, -0.05) is 0 Å². The largest absolute Gasteiger partial charge is 0.460 e. The zero-order chi connectivity index (χ0) is 28.4. The van der Waals surface area contributed by atoms with E-state index in [4.69, 9.17) is 5.11 Å². The van der Waals surface area contributed by atoms with Crippen molar-refractivity contribution < 1.29 is 97.3 Å². The second-order valence-electron chi connectivity index (χ2n) is 6.27. The topological polar surface area (TPSA) is 20.2 Å². The quantitative estimate of drug-likeness (QED) is 0.295. The van der Waals surface area contributed by atoms with Crippen LogP contribution in [0.1, 0.15) is 6.42 Å². The lowest BCUT2D eigenvalue weighted by atomic mass is 9.86. The van der Waals surface area contributed by atoms with Crippen molar-refractivity contribution in [3.8, 4) is 0 Å². The van der Waals surface area contributed by atoms with Crippen molar-refractivity contribution in [2.24, 2.45) is 0 Å². The molecule has 0 aromatic heterocycles. The molecular formula is C12H5F21O. The maximum atomic E-state index is 13.3. The molecule has 0 saturated heterocycles. The highest BCUT2D eigenvalue weighted by atomic mass is 19.4. The van der Waals surface area contributed by atoms with Crippen molar-refractivity contribution in [2.75, 3.05) is 6.61 Å². The minimum atomic E-state index is -9.17. The van der Waals surface area contributed by atoms with Crippen LogP contribution in [0, 0.1) is 0 Å². The SMILES string of the molecule is OCCC(F)(F)C(F)(F)C(F)(F)C(F)(F)C(F)(F)C(F)(F)C(F)(F)C(F)(F)C(F)(F)C(F)(F)F. The second-order valence-corrected chi connectivity index (χ2v) is 6.27. The third-order valence-corrected chi connectivity index (χ3v) is 4.00. The summed E-state index contributed by atoms with van der Waals surface area (Å²) in [6.45, 7) is -2.31. The summed E-state index contributed by atoms with van der Waals surface area (Å²) >= 11 is 0. The molecule has 1 N–H and O–H groups in total. The first-order valence-corrected chi connectivity index (χ1v) is 7.39. The highest BCUT2D eigenvalue weighted by Gasteiger charge is 2.97. The molecule has 0 aromatic carbocycles. The van der Waals surface area contributed by atoms with E-state index in [1.165, 1.54) is 0 Å². The molecule has 22 heteroatoms. The number of rotatable bonds is 10. The number of aliphatic hydroxyl groups is 1. The van der Waals surface area contributed by atoms with E-state index < -0.39 is 72.5 Å². The van der Waals surface area contributed by atoms with Crippen molar-refractivity contribution >= 4 is 0 Å². The molecule has 0 radical (unpaired) electrons. The predicted octanol–water partition coefficient (Wildman–Crippen LogP) is 6.65. The molecule has 0 unspecified atom stereocenters. The van der Waals surface area contributed by atoms with E-state index in [-0.39, 0.29) is 0 Å². The summed E-state index contributed by atoms with van der Waals surface area (Å²) in [5.41, 5.74) is 0. The fraction of sp³-hybridized carbons (Fsp3) is 1.00. The van der Waals surface area contributed by atoms with Gasteiger partial charge in [-0.2, -0.15) is 92.2 Å². The molecule has 0 aliphatic rings. The van der Waals surface area contributed by atoms with E-state index >= 15 is 0 Å². The van der Waals surface area contributed by atoms with Crippen LogP contribution in [-0.4, -0.2) is 71.2 Å². The Morgan fingerprint density at radius 3 is 0.735 bits per heavy atom. The van der Waals surface area contributed by atoms with Crippen molar-refractivity contribution in [1.29, 1.82) is 0 Å². The summed E-state index contributed by atoms with van der Waals surface area (Å²) < 4.78 is 272. The summed E-state index contributed by atoms with van der Waals surface area (Å²) in [4.78, 5) is 0. The summed E-state index contributed by atoms with van der Waals surface area (Å²) in [5, 5.41) is 8.00. The number of halogens is 21. The Hall–Kier alpha value is -1.51. The van der Waals surface area contributed by atoms with Crippen molar-refractivity contribution in [3.63, 3.8) is 0 Å². The van der Waals surface area contributed by atoms with Gasteiger partial charge in [0.05, 0.1) is 0 Å². The molecule has 34 heavy (non-hydrogen) atoms. The molecule has 0 heterocycles. The predicted molar refractivity (Wildman–Crippen MR) is 62.3 cm³/mol. The average molecular weight is 564 g/mol. The molecule has 1 nitrogen and oxygen atoms in total. The molecule has 0 rings (SSSR count). The van der Waals surface area contributed by atoms with Crippen LogP contribution in [0.3, 0.4) is 0 Å². The Morgan fingerprint density at radius 2 is 0.529 bits per heavy atom. The fourth-order valence-electron chi connectivity index (χ4n) is 1.89. The Kier molecular flexibility index (Phi) is 7.65. The van der Waals surface area contributed by atoms with Gasteiger partial charge in [-0.3, -0.25) is 0 Å². The maximum absolute atomic E-state index is 13.3. The molecule has 0 fully saturated rings. The number of alkyl halides is 21. The van der Waals surface area contributed by atoms with E-state index in [1.807, 2.05) is 0 Å². The summed E-state index contributed by atoms with van der Waals surface area (Å²) in [5.74, 6) is -77.0. The van der Waals surface area contributed by atoms with Crippen LogP contribution in [0.5, 0.6) is 0 Å². The van der Waals surface area contributed by atoms with Crippen LogP contribution in [0.4, 0.5) is 92.2 Å². The minimum absolute atomic E-state index is 2.31. The molecule has 0 aromatic rings. The molecule has 0 amide bonds. The molecule has 0 aliphatic carbocycles. The normalized spacial score (nSPS) is 16.8. The van der Waals surface area contributed by atoms with Gasteiger partial charge in [0.15, 0.2) is 0 Å².